The van der Waals surface area contributed by atoms with Crippen LogP contribution in [0.25, 0.3) is 0 Å². The van der Waals surface area contributed by atoms with Crippen LogP contribution in [0.3, 0.4) is 0 Å². The Morgan fingerprint density at radius 2 is 2.14 bits per heavy atom. The molecule has 0 aliphatic carbocycles. The van der Waals surface area contributed by atoms with Gasteiger partial charge in [0.15, 0.2) is 6.61 Å². The number of esters is 1. The van der Waals surface area contributed by atoms with Crippen LogP contribution in [0.1, 0.15) is 39.8 Å². The molecule has 2 aromatic rings. The molecule has 6 nitrogen and oxygen atoms in total. The first-order valence-corrected chi connectivity index (χ1v) is 10.3. The van der Waals surface area contributed by atoms with Gasteiger partial charge in [0.25, 0.3) is 11.8 Å². The lowest BCUT2D eigenvalue weighted by Gasteiger charge is -2.30. The molecule has 28 heavy (non-hydrogen) atoms. The van der Waals surface area contributed by atoms with Crippen molar-refractivity contribution in [2.24, 2.45) is 5.92 Å². The molecule has 0 radical (unpaired) electrons. The lowest BCUT2D eigenvalue weighted by Crippen LogP contribution is -2.41. The van der Waals surface area contributed by atoms with E-state index in [4.69, 9.17) is 16.3 Å². The number of benzene rings is 1. The number of nitrogens with one attached hydrogen (secondary N) is 1. The average Bonchev–Trinajstić information content (AvgIpc) is 3.21. The van der Waals surface area contributed by atoms with Crippen molar-refractivity contribution in [1.29, 1.82) is 0 Å². The van der Waals surface area contributed by atoms with E-state index < -0.39 is 5.97 Å². The number of anilines is 1. The second-order valence-corrected chi connectivity index (χ2v) is 8.17. The highest BCUT2D eigenvalue weighted by Gasteiger charge is 2.23. The summed E-state index contributed by atoms with van der Waals surface area (Å²) in [5.74, 6) is -0.789. The number of hydrogen-bond acceptors (Lipinski definition) is 5. The van der Waals surface area contributed by atoms with E-state index in [1.54, 1.807) is 22.4 Å². The molecule has 148 valence electrons. The molecule has 1 N–H and O–H groups in total. The molecule has 1 aromatic carbocycles. The van der Waals surface area contributed by atoms with Crippen LogP contribution in [0, 0.1) is 5.92 Å². The molecular formula is C20H21ClN2O4S. The topological polar surface area (TPSA) is 75.7 Å². The summed E-state index contributed by atoms with van der Waals surface area (Å²) in [6.07, 6.45) is 2.05. The number of nitrogens with zero attached hydrogens (tertiary/aromatic N) is 1. The molecule has 8 heteroatoms. The van der Waals surface area contributed by atoms with Gasteiger partial charge in [0.2, 0.25) is 0 Å². The fourth-order valence-corrected chi connectivity index (χ4v) is 3.89. The van der Waals surface area contributed by atoms with E-state index in [9.17, 15) is 14.4 Å². The lowest BCUT2D eigenvalue weighted by molar-refractivity contribution is -0.136. The highest BCUT2D eigenvalue weighted by Crippen LogP contribution is 2.24. The van der Waals surface area contributed by atoms with Crippen molar-refractivity contribution in [2.75, 3.05) is 25.0 Å². The van der Waals surface area contributed by atoms with Crippen LogP contribution < -0.4 is 5.32 Å². The number of hydrogen-bond donors (Lipinski definition) is 1. The van der Waals surface area contributed by atoms with Crippen LogP contribution in [-0.4, -0.2) is 42.4 Å². The third-order valence-corrected chi connectivity index (χ3v) is 5.63. The minimum absolute atomic E-state index is 0.147. The van der Waals surface area contributed by atoms with Gasteiger partial charge < -0.3 is 15.0 Å². The second kappa shape index (κ2) is 9.21. The first-order valence-electron chi connectivity index (χ1n) is 9.03. The van der Waals surface area contributed by atoms with Crippen molar-refractivity contribution < 1.29 is 19.1 Å². The molecule has 2 heterocycles. The fraction of sp³-hybridized carbons (Fsp3) is 0.350. The van der Waals surface area contributed by atoms with Gasteiger partial charge in [-0.25, -0.2) is 4.79 Å². The average molecular weight is 421 g/mol. The van der Waals surface area contributed by atoms with Crippen LogP contribution >= 0.6 is 22.9 Å². The monoisotopic (exact) mass is 420 g/mol. The number of rotatable bonds is 5. The summed E-state index contributed by atoms with van der Waals surface area (Å²) >= 11 is 7.30. The van der Waals surface area contributed by atoms with Gasteiger partial charge in [-0.2, -0.15) is 0 Å². The summed E-state index contributed by atoms with van der Waals surface area (Å²) < 4.78 is 5.21. The molecule has 0 bridgehead atoms. The van der Waals surface area contributed by atoms with Crippen LogP contribution in [-0.2, 0) is 9.53 Å². The number of ether oxygens (including phenoxy) is 1. The van der Waals surface area contributed by atoms with Gasteiger partial charge in [-0.3, -0.25) is 9.59 Å². The molecule has 1 fully saturated rings. The highest BCUT2D eigenvalue weighted by molar-refractivity contribution is 7.12. The Hall–Kier alpha value is -2.38. The van der Waals surface area contributed by atoms with Gasteiger partial charge >= 0.3 is 5.97 Å². The van der Waals surface area contributed by atoms with Crippen LogP contribution in [0.5, 0.6) is 0 Å². The Bertz CT molecular complexity index is 869. The van der Waals surface area contributed by atoms with E-state index in [1.165, 1.54) is 29.5 Å². The summed E-state index contributed by atoms with van der Waals surface area (Å²) in [6, 6.07) is 7.94. The summed E-state index contributed by atoms with van der Waals surface area (Å²) in [5, 5.41) is 4.84. The molecule has 1 aromatic heterocycles. The molecule has 1 aliphatic heterocycles. The van der Waals surface area contributed by atoms with Gasteiger partial charge in [0, 0.05) is 18.1 Å². The predicted molar refractivity (Wildman–Crippen MR) is 109 cm³/mol. The van der Waals surface area contributed by atoms with Gasteiger partial charge in [-0.05, 0) is 48.4 Å². The van der Waals surface area contributed by atoms with Crippen LogP contribution in [0.15, 0.2) is 35.7 Å². The number of halogens is 1. The number of piperidine rings is 1. The first-order chi connectivity index (χ1) is 13.4. The first kappa shape index (κ1) is 20.4. The maximum atomic E-state index is 12.5. The van der Waals surface area contributed by atoms with Crippen molar-refractivity contribution in [3.63, 3.8) is 0 Å². The molecular weight excluding hydrogens is 400 g/mol. The maximum absolute atomic E-state index is 12.5. The Morgan fingerprint density at radius 3 is 2.86 bits per heavy atom. The summed E-state index contributed by atoms with van der Waals surface area (Å²) in [6.45, 7) is 3.14. The number of carbonyl (C=O) groups is 3. The van der Waals surface area contributed by atoms with Crippen molar-refractivity contribution >= 4 is 46.4 Å². The Labute approximate surface area is 172 Å². The lowest BCUT2D eigenvalue weighted by atomic mass is 10.0. The van der Waals surface area contributed by atoms with Crippen molar-refractivity contribution in [3.8, 4) is 0 Å². The molecule has 0 unspecified atom stereocenters. The minimum atomic E-state index is -0.684. The maximum Gasteiger partial charge on any atom is 0.340 e. The second-order valence-electron chi connectivity index (χ2n) is 6.78. The van der Waals surface area contributed by atoms with Gasteiger partial charge in [0.05, 0.1) is 16.1 Å². The Morgan fingerprint density at radius 1 is 1.32 bits per heavy atom. The largest absolute Gasteiger partial charge is 0.452 e. The third-order valence-electron chi connectivity index (χ3n) is 4.53. The SMILES string of the molecule is C[C@H]1CCCN(C(=O)COC(=O)c2ccc(Cl)cc2NC(=O)c2cccs2)C1. The normalized spacial score (nSPS) is 16.5. The minimum Gasteiger partial charge on any atom is -0.452 e. The van der Waals surface area contributed by atoms with E-state index in [0.29, 0.717) is 28.9 Å². The van der Waals surface area contributed by atoms with Crippen molar-refractivity contribution in [1.82, 2.24) is 4.90 Å². The van der Waals surface area contributed by atoms with Crippen molar-refractivity contribution in [3.05, 3.63) is 51.2 Å². The molecule has 2 amide bonds. The molecule has 1 aliphatic rings. The zero-order chi connectivity index (χ0) is 20.1. The zero-order valence-corrected chi connectivity index (χ0v) is 17.0. The fourth-order valence-electron chi connectivity index (χ4n) is 3.10. The summed E-state index contributed by atoms with van der Waals surface area (Å²) in [4.78, 5) is 39.4. The van der Waals surface area contributed by atoms with Gasteiger partial charge in [-0.15, -0.1) is 11.3 Å². The highest BCUT2D eigenvalue weighted by atomic mass is 35.5. The van der Waals surface area contributed by atoms with E-state index in [-0.39, 0.29) is 29.7 Å². The van der Waals surface area contributed by atoms with E-state index in [1.807, 2.05) is 0 Å². The number of amides is 2. The summed E-state index contributed by atoms with van der Waals surface area (Å²) in [5.41, 5.74) is 0.393. The standard InChI is InChI=1S/C20H21ClN2O4S/c1-13-4-2-8-23(11-13)18(24)12-27-20(26)15-7-6-14(21)10-16(15)22-19(25)17-5-3-9-28-17/h3,5-7,9-10,13H,2,4,8,11-12H2,1H3,(H,22,25)/t13-/m0/s1. The summed E-state index contributed by atoms with van der Waals surface area (Å²) in [7, 11) is 0. The Balaban J connectivity index is 1.66. The van der Waals surface area contributed by atoms with E-state index in [2.05, 4.69) is 12.2 Å². The number of thiophene rings is 1. The smallest absolute Gasteiger partial charge is 0.340 e. The van der Waals surface area contributed by atoms with Gasteiger partial charge in [0.1, 0.15) is 0 Å². The zero-order valence-electron chi connectivity index (χ0n) is 15.4. The van der Waals surface area contributed by atoms with Crippen molar-refractivity contribution in [2.45, 2.75) is 19.8 Å². The number of likely N-dealkylation sites (tertiary alicyclic amines) is 1. The molecule has 0 saturated carbocycles. The Kier molecular flexibility index (Phi) is 6.70. The third kappa shape index (κ3) is 5.11. The van der Waals surface area contributed by atoms with E-state index >= 15 is 0 Å². The van der Waals surface area contributed by atoms with Crippen LogP contribution in [0.4, 0.5) is 5.69 Å². The molecule has 1 saturated heterocycles. The molecule has 1 atom stereocenters. The van der Waals surface area contributed by atoms with Crippen LogP contribution in [0.2, 0.25) is 5.02 Å². The van der Waals surface area contributed by atoms with E-state index in [0.717, 1.165) is 12.8 Å². The quantitative estimate of drug-likeness (QED) is 0.740. The number of carbonyl (C=O) groups excluding carboxylic acids is 3. The molecule has 0 spiro atoms. The molecule has 3 rings (SSSR count). The van der Waals surface area contributed by atoms with Gasteiger partial charge in [-0.1, -0.05) is 24.6 Å². The predicted octanol–water partition coefficient (Wildman–Crippen LogP) is 4.07.